The second kappa shape index (κ2) is 6.72. The van der Waals surface area contributed by atoms with Crippen molar-refractivity contribution < 1.29 is 14.5 Å². The molecule has 128 valence electrons. The molecular formula is C18H17N3O4. The number of fused-ring (bicyclic) bond motifs is 1. The van der Waals surface area contributed by atoms with Gasteiger partial charge in [-0.15, -0.1) is 0 Å². The number of nitro benzene ring substituents is 1. The van der Waals surface area contributed by atoms with Gasteiger partial charge < -0.3 is 10.2 Å². The number of amides is 2. The van der Waals surface area contributed by atoms with Gasteiger partial charge in [0.1, 0.15) is 0 Å². The molecular weight excluding hydrogens is 322 g/mol. The summed E-state index contributed by atoms with van der Waals surface area (Å²) in [6, 6.07) is 11.5. The SMILES string of the molecule is CC(=O)Nc1ccc(C(=O)N2CCc3ccc([N+](=O)[O-])cc3C2)cc1. The average Bonchev–Trinajstić information content (AvgIpc) is 2.60. The van der Waals surface area contributed by atoms with Crippen LogP contribution >= 0.6 is 0 Å². The number of rotatable bonds is 3. The van der Waals surface area contributed by atoms with Crippen LogP contribution in [-0.4, -0.2) is 28.2 Å². The summed E-state index contributed by atoms with van der Waals surface area (Å²) in [6.07, 6.45) is 0.670. The standard InChI is InChI=1S/C18H17N3O4/c1-12(22)19-16-5-2-14(3-6-16)18(23)20-9-8-13-4-7-17(21(24)25)10-15(13)11-20/h2-7,10H,8-9,11H2,1H3,(H,19,22). The Morgan fingerprint density at radius 2 is 1.84 bits per heavy atom. The molecule has 0 saturated heterocycles. The number of nitro groups is 1. The summed E-state index contributed by atoms with van der Waals surface area (Å²) in [7, 11) is 0. The predicted octanol–water partition coefficient (Wildman–Crippen LogP) is 2.75. The van der Waals surface area contributed by atoms with Crippen molar-refractivity contribution >= 4 is 23.2 Å². The summed E-state index contributed by atoms with van der Waals surface area (Å²) in [5, 5.41) is 13.6. The van der Waals surface area contributed by atoms with Crippen LogP contribution in [0.5, 0.6) is 0 Å². The van der Waals surface area contributed by atoms with Crippen LogP contribution in [-0.2, 0) is 17.8 Å². The van der Waals surface area contributed by atoms with Crippen molar-refractivity contribution in [1.29, 1.82) is 0 Å². The lowest BCUT2D eigenvalue weighted by atomic mass is 9.98. The van der Waals surface area contributed by atoms with Crippen LogP contribution in [0.2, 0.25) is 0 Å². The molecule has 7 heteroatoms. The lowest BCUT2D eigenvalue weighted by Gasteiger charge is -2.28. The van der Waals surface area contributed by atoms with Gasteiger partial charge in [-0.2, -0.15) is 0 Å². The zero-order valence-corrected chi connectivity index (χ0v) is 13.7. The second-order valence-corrected chi connectivity index (χ2v) is 5.95. The highest BCUT2D eigenvalue weighted by atomic mass is 16.6. The number of nitrogens with zero attached hydrogens (tertiary/aromatic N) is 2. The van der Waals surface area contributed by atoms with E-state index in [1.54, 1.807) is 35.2 Å². The molecule has 25 heavy (non-hydrogen) atoms. The summed E-state index contributed by atoms with van der Waals surface area (Å²) in [5.41, 5.74) is 3.03. The number of hydrogen-bond acceptors (Lipinski definition) is 4. The Bertz CT molecular complexity index is 846. The van der Waals surface area contributed by atoms with Crippen molar-refractivity contribution in [3.05, 3.63) is 69.3 Å². The first-order valence-electron chi connectivity index (χ1n) is 7.87. The van der Waals surface area contributed by atoms with Gasteiger partial charge in [-0.1, -0.05) is 6.07 Å². The first-order chi connectivity index (χ1) is 11.9. The average molecular weight is 339 g/mol. The highest BCUT2D eigenvalue weighted by Crippen LogP contribution is 2.25. The van der Waals surface area contributed by atoms with Gasteiger partial charge in [0, 0.05) is 43.4 Å². The van der Waals surface area contributed by atoms with Crippen molar-refractivity contribution in [3.8, 4) is 0 Å². The molecule has 2 amide bonds. The molecule has 1 aliphatic rings. The number of carbonyl (C=O) groups is 2. The van der Waals surface area contributed by atoms with E-state index < -0.39 is 4.92 Å². The number of hydrogen-bond donors (Lipinski definition) is 1. The molecule has 2 aromatic rings. The van der Waals surface area contributed by atoms with Gasteiger partial charge in [-0.25, -0.2) is 0 Å². The monoisotopic (exact) mass is 339 g/mol. The smallest absolute Gasteiger partial charge is 0.269 e. The van der Waals surface area contributed by atoms with E-state index in [2.05, 4.69) is 5.32 Å². The largest absolute Gasteiger partial charge is 0.334 e. The fourth-order valence-electron chi connectivity index (χ4n) is 2.91. The van der Waals surface area contributed by atoms with Gasteiger partial charge in [0.25, 0.3) is 11.6 Å². The van der Waals surface area contributed by atoms with Crippen LogP contribution < -0.4 is 5.32 Å². The van der Waals surface area contributed by atoms with Crippen molar-refractivity contribution in [3.63, 3.8) is 0 Å². The lowest BCUT2D eigenvalue weighted by Crippen LogP contribution is -2.36. The highest BCUT2D eigenvalue weighted by Gasteiger charge is 2.23. The van der Waals surface area contributed by atoms with Crippen LogP contribution in [0, 0.1) is 10.1 Å². The Labute approximate surface area is 144 Å². The van der Waals surface area contributed by atoms with Crippen molar-refractivity contribution in [2.45, 2.75) is 19.9 Å². The molecule has 2 aromatic carbocycles. The zero-order chi connectivity index (χ0) is 18.0. The molecule has 0 aliphatic carbocycles. The van der Waals surface area contributed by atoms with E-state index in [1.807, 2.05) is 0 Å². The van der Waals surface area contributed by atoms with E-state index in [0.29, 0.717) is 30.8 Å². The lowest BCUT2D eigenvalue weighted by molar-refractivity contribution is -0.385. The Morgan fingerprint density at radius 3 is 2.48 bits per heavy atom. The Balaban J connectivity index is 1.76. The molecule has 0 radical (unpaired) electrons. The first-order valence-corrected chi connectivity index (χ1v) is 7.87. The van der Waals surface area contributed by atoms with Crippen LogP contribution in [0.25, 0.3) is 0 Å². The van der Waals surface area contributed by atoms with E-state index >= 15 is 0 Å². The molecule has 0 bridgehead atoms. The van der Waals surface area contributed by atoms with Crippen molar-refractivity contribution in [2.75, 3.05) is 11.9 Å². The van der Waals surface area contributed by atoms with Crippen molar-refractivity contribution in [2.24, 2.45) is 0 Å². The van der Waals surface area contributed by atoms with E-state index in [1.165, 1.54) is 19.1 Å². The Hall–Kier alpha value is -3.22. The minimum Gasteiger partial charge on any atom is -0.334 e. The predicted molar refractivity (Wildman–Crippen MR) is 92.3 cm³/mol. The number of carbonyl (C=O) groups excluding carboxylic acids is 2. The minimum atomic E-state index is -0.429. The normalized spacial score (nSPS) is 13.1. The van der Waals surface area contributed by atoms with E-state index in [9.17, 15) is 19.7 Å². The summed E-state index contributed by atoms with van der Waals surface area (Å²) in [4.78, 5) is 35.9. The number of non-ortho nitro benzene ring substituents is 1. The Kier molecular flexibility index (Phi) is 4.47. The maximum atomic E-state index is 12.7. The van der Waals surface area contributed by atoms with Gasteiger partial charge in [-0.3, -0.25) is 19.7 Å². The third-order valence-corrected chi connectivity index (χ3v) is 4.15. The molecule has 0 saturated carbocycles. The first kappa shape index (κ1) is 16.6. The summed E-state index contributed by atoms with van der Waals surface area (Å²) in [6.45, 7) is 2.34. The summed E-state index contributed by atoms with van der Waals surface area (Å²) < 4.78 is 0. The number of benzene rings is 2. The second-order valence-electron chi connectivity index (χ2n) is 5.95. The summed E-state index contributed by atoms with van der Waals surface area (Å²) in [5.74, 6) is -0.306. The molecule has 7 nitrogen and oxygen atoms in total. The molecule has 3 rings (SSSR count). The molecule has 0 spiro atoms. The molecule has 0 atom stereocenters. The van der Waals surface area contributed by atoms with Gasteiger partial charge in [-0.05, 0) is 41.8 Å². The third-order valence-electron chi connectivity index (χ3n) is 4.15. The number of anilines is 1. The maximum absolute atomic E-state index is 12.7. The quantitative estimate of drug-likeness (QED) is 0.687. The van der Waals surface area contributed by atoms with E-state index in [-0.39, 0.29) is 17.5 Å². The zero-order valence-electron chi connectivity index (χ0n) is 13.7. The fourth-order valence-corrected chi connectivity index (χ4v) is 2.91. The molecule has 0 unspecified atom stereocenters. The molecule has 1 heterocycles. The van der Waals surface area contributed by atoms with Gasteiger partial charge in [0.05, 0.1) is 4.92 Å². The topological polar surface area (TPSA) is 92.6 Å². The fraction of sp³-hybridized carbons (Fsp3) is 0.222. The minimum absolute atomic E-state index is 0.0349. The Morgan fingerprint density at radius 1 is 1.12 bits per heavy atom. The van der Waals surface area contributed by atoms with Gasteiger partial charge in [0.15, 0.2) is 0 Å². The third kappa shape index (κ3) is 3.65. The maximum Gasteiger partial charge on any atom is 0.269 e. The van der Waals surface area contributed by atoms with E-state index in [4.69, 9.17) is 0 Å². The van der Waals surface area contributed by atoms with Crippen LogP contribution in [0.1, 0.15) is 28.4 Å². The van der Waals surface area contributed by atoms with Crippen LogP contribution in [0.3, 0.4) is 0 Å². The molecule has 0 fully saturated rings. The number of nitrogens with one attached hydrogen (secondary N) is 1. The van der Waals surface area contributed by atoms with Gasteiger partial charge >= 0.3 is 0 Å². The van der Waals surface area contributed by atoms with Crippen LogP contribution in [0.4, 0.5) is 11.4 Å². The van der Waals surface area contributed by atoms with Crippen LogP contribution in [0.15, 0.2) is 42.5 Å². The van der Waals surface area contributed by atoms with E-state index in [0.717, 1.165) is 11.1 Å². The molecule has 1 aliphatic heterocycles. The van der Waals surface area contributed by atoms with Gasteiger partial charge in [0.2, 0.25) is 5.91 Å². The molecule has 0 aromatic heterocycles. The highest BCUT2D eigenvalue weighted by molar-refractivity contribution is 5.95. The summed E-state index contributed by atoms with van der Waals surface area (Å²) >= 11 is 0. The molecule has 1 N–H and O–H groups in total. The van der Waals surface area contributed by atoms with Crippen molar-refractivity contribution in [1.82, 2.24) is 4.90 Å².